The van der Waals surface area contributed by atoms with Crippen LogP contribution in [0.15, 0.2) is 0 Å². The Labute approximate surface area is 139 Å². The minimum atomic E-state index is 0. The summed E-state index contributed by atoms with van der Waals surface area (Å²) in [6.07, 6.45) is 21.9. The first-order chi connectivity index (χ1) is 8.41. The van der Waals surface area contributed by atoms with Crippen molar-refractivity contribution < 1.29 is 0 Å². The summed E-state index contributed by atoms with van der Waals surface area (Å²) in [7, 11) is 0. The number of hydrogen-bond acceptors (Lipinski definition) is 0. The molecule has 0 aromatic heterocycles. The molecule has 0 atom stereocenters. The van der Waals surface area contributed by atoms with Gasteiger partial charge in [0, 0.05) is 0 Å². The van der Waals surface area contributed by atoms with Gasteiger partial charge in [-0.3, -0.25) is 0 Å². The normalized spacial score (nSPS) is 10.3. The second kappa shape index (κ2) is 20.3. The molecular formula is C17H37Na. The molecule has 0 radical (unpaired) electrons. The maximum absolute atomic E-state index is 2.29. The first-order valence-corrected chi connectivity index (χ1v) is 8.41. The van der Waals surface area contributed by atoms with Gasteiger partial charge < -0.3 is 0 Å². The summed E-state index contributed by atoms with van der Waals surface area (Å²) in [5.74, 6) is 0. The Balaban J connectivity index is 0. The Kier molecular flexibility index (Phi) is 24.0. The Morgan fingerprint density at radius 3 is 0.667 bits per heavy atom. The van der Waals surface area contributed by atoms with Gasteiger partial charge in [0.15, 0.2) is 0 Å². The average molecular weight is 264 g/mol. The predicted octanol–water partition coefficient (Wildman–Crippen LogP) is 6.23. The molecule has 0 heterocycles. The molecule has 0 aliphatic heterocycles. The number of rotatable bonds is 14. The van der Waals surface area contributed by atoms with E-state index in [1.165, 1.54) is 96.3 Å². The van der Waals surface area contributed by atoms with Gasteiger partial charge in [-0.25, -0.2) is 0 Å². The molecular weight excluding hydrogens is 227 g/mol. The van der Waals surface area contributed by atoms with E-state index in [1.54, 1.807) is 0 Å². The Morgan fingerprint density at radius 1 is 0.333 bits per heavy atom. The third-order valence-corrected chi connectivity index (χ3v) is 3.71. The van der Waals surface area contributed by atoms with Crippen molar-refractivity contribution >= 4 is 29.6 Å². The van der Waals surface area contributed by atoms with E-state index >= 15 is 0 Å². The van der Waals surface area contributed by atoms with Crippen LogP contribution < -0.4 is 0 Å². The van der Waals surface area contributed by atoms with Gasteiger partial charge in [0.1, 0.15) is 0 Å². The zero-order chi connectivity index (χ0) is 12.6. The summed E-state index contributed by atoms with van der Waals surface area (Å²) < 4.78 is 0. The molecule has 106 valence electrons. The van der Waals surface area contributed by atoms with Crippen molar-refractivity contribution in [2.45, 2.75) is 110 Å². The van der Waals surface area contributed by atoms with Crippen LogP contribution in [0.2, 0.25) is 0 Å². The first-order valence-electron chi connectivity index (χ1n) is 8.41. The molecule has 0 amide bonds. The zero-order valence-electron chi connectivity index (χ0n) is 12.6. The van der Waals surface area contributed by atoms with Crippen LogP contribution in [0.3, 0.4) is 0 Å². The van der Waals surface area contributed by atoms with E-state index in [-0.39, 0.29) is 29.6 Å². The Hall–Kier alpha value is 1.00. The van der Waals surface area contributed by atoms with Gasteiger partial charge in [0.05, 0.1) is 0 Å². The van der Waals surface area contributed by atoms with Crippen molar-refractivity contribution in [2.75, 3.05) is 0 Å². The Bertz CT molecular complexity index is 109. The van der Waals surface area contributed by atoms with Crippen LogP contribution in [-0.2, 0) is 0 Å². The first kappa shape index (κ1) is 21.3. The molecule has 0 bridgehead atoms. The van der Waals surface area contributed by atoms with Crippen molar-refractivity contribution in [2.24, 2.45) is 0 Å². The monoisotopic (exact) mass is 264 g/mol. The fourth-order valence-corrected chi connectivity index (χ4v) is 2.44. The summed E-state index contributed by atoms with van der Waals surface area (Å²) >= 11 is 0. The van der Waals surface area contributed by atoms with E-state index in [0.29, 0.717) is 0 Å². The van der Waals surface area contributed by atoms with Gasteiger partial charge in [-0.05, 0) is 0 Å². The fraction of sp³-hybridized carbons (Fsp3) is 1.00. The quantitative estimate of drug-likeness (QED) is 0.258. The third kappa shape index (κ3) is 19.3. The molecule has 0 aromatic carbocycles. The van der Waals surface area contributed by atoms with E-state index in [9.17, 15) is 0 Å². The molecule has 0 unspecified atom stereocenters. The van der Waals surface area contributed by atoms with Gasteiger partial charge in [-0.15, -0.1) is 0 Å². The molecule has 0 N–H and O–H groups in total. The van der Waals surface area contributed by atoms with Gasteiger partial charge in [-0.2, -0.15) is 0 Å². The second-order valence-corrected chi connectivity index (χ2v) is 5.60. The van der Waals surface area contributed by atoms with Crippen LogP contribution in [-0.4, -0.2) is 29.6 Å². The van der Waals surface area contributed by atoms with Crippen LogP contribution in [0, 0.1) is 0 Å². The summed E-state index contributed by atoms with van der Waals surface area (Å²) in [5.41, 5.74) is 0. The van der Waals surface area contributed by atoms with Crippen molar-refractivity contribution in [1.29, 1.82) is 0 Å². The van der Waals surface area contributed by atoms with Crippen LogP contribution in [0.4, 0.5) is 0 Å². The molecule has 0 rings (SSSR count). The van der Waals surface area contributed by atoms with Crippen molar-refractivity contribution in [3.05, 3.63) is 0 Å². The molecule has 0 aromatic rings. The molecule has 1 heteroatoms. The Morgan fingerprint density at radius 2 is 0.500 bits per heavy atom. The number of unbranched alkanes of at least 4 members (excludes halogenated alkanes) is 14. The van der Waals surface area contributed by atoms with Crippen molar-refractivity contribution in [3.8, 4) is 0 Å². The zero-order valence-corrected chi connectivity index (χ0v) is 12.6. The molecule has 0 spiro atoms. The van der Waals surface area contributed by atoms with E-state index in [2.05, 4.69) is 13.8 Å². The standard InChI is InChI=1S/C17H36.Na.H/c1-3-5-7-9-11-13-15-17-16-14-12-10-8-6-4-2;;/h3-17H2,1-2H3;;. The number of hydrogen-bond donors (Lipinski definition) is 0. The van der Waals surface area contributed by atoms with E-state index in [1.807, 2.05) is 0 Å². The fourth-order valence-electron chi connectivity index (χ4n) is 2.44. The molecule has 0 aliphatic rings. The van der Waals surface area contributed by atoms with Crippen LogP contribution in [0.25, 0.3) is 0 Å². The predicted molar refractivity (Wildman–Crippen MR) is 87.8 cm³/mol. The summed E-state index contributed by atoms with van der Waals surface area (Å²) in [6, 6.07) is 0. The molecule has 0 fully saturated rings. The topological polar surface area (TPSA) is 0 Å². The van der Waals surface area contributed by atoms with Gasteiger partial charge in [0.2, 0.25) is 0 Å². The van der Waals surface area contributed by atoms with Crippen LogP contribution >= 0.6 is 0 Å². The van der Waals surface area contributed by atoms with Crippen molar-refractivity contribution in [3.63, 3.8) is 0 Å². The third-order valence-electron chi connectivity index (χ3n) is 3.71. The molecule has 18 heavy (non-hydrogen) atoms. The molecule has 0 nitrogen and oxygen atoms in total. The molecule has 0 aliphatic carbocycles. The average Bonchev–Trinajstić information content (AvgIpc) is 2.35. The van der Waals surface area contributed by atoms with Gasteiger partial charge in [0.25, 0.3) is 0 Å². The van der Waals surface area contributed by atoms with E-state index < -0.39 is 0 Å². The minimum absolute atomic E-state index is 0. The van der Waals surface area contributed by atoms with Crippen LogP contribution in [0.5, 0.6) is 0 Å². The van der Waals surface area contributed by atoms with E-state index in [4.69, 9.17) is 0 Å². The second-order valence-electron chi connectivity index (χ2n) is 5.60. The van der Waals surface area contributed by atoms with E-state index in [0.717, 1.165) is 0 Å². The van der Waals surface area contributed by atoms with Gasteiger partial charge >= 0.3 is 29.6 Å². The summed E-state index contributed by atoms with van der Waals surface area (Å²) in [4.78, 5) is 0. The van der Waals surface area contributed by atoms with Gasteiger partial charge in [-0.1, -0.05) is 110 Å². The SMILES string of the molecule is CCCCCCCCCCCCCCCCC.[NaH]. The molecule has 0 saturated carbocycles. The molecule has 0 saturated heterocycles. The van der Waals surface area contributed by atoms with Crippen LogP contribution in [0.1, 0.15) is 110 Å². The van der Waals surface area contributed by atoms with Crippen molar-refractivity contribution in [1.82, 2.24) is 0 Å². The maximum atomic E-state index is 2.29. The summed E-state index contributed by atoms with van der Waals surface area (Å²) in [6.45, 7) is 4.58. The summed E-state index contributed by atoms with van der Waals surface area (Å²) in [5, 5.41) is 0.